The van der Waals surface area contributed by atoms with E-state index in [4.69, 9.17) is 8.97 Å². The molecule has 1 unspecified atom stereocenters. The number of carbonyl (C=O) groups is 1. The van der Waals surface area contributed by atoms with Gasteiger partial charge in [-0.3, -0.25) is 4.55 Å². The molecule has 3 saturated heterocycles. The zero-order chi connectivity index (χ0) is 19.0. The van der Waals surface area contributed by atoms with Crippen LogP contribution in [0.2, 0.25) is 0 Å². The molecule has 3 aliphatic heterocycles. The van der Waals surface area contributed by atoms with Crippen LogP contribution >= 0.6 is 0 Å². The van der Waals surface area contributed by atoms with Gasteiger partial charge in [0, 0.05) is 12.2 Å². The van der Waals surface area contributed by atoms with E-state index in [0.717, 1.165) is 36.4 Å². The number of allylic oxidation sites excluding steroid dienone is 1. The van der Waals surface area contributed by atoms with E-state index in [1.54, 1.807) is 0 Å². The molecular weight excluding hydrogens is 378 g/mol. The largest absolute Gasteiger partial charge is 0.421 e. The molecule has 0 aromatic carbocycles. The van der Waals surface area contributed by atoms with Crippen LogP contribution in [-0.2, 0) is 14.7 Å². The molecule has 4 aliphatic rings. The van der Waals surface area contributed by atoms with Gasteiger partial charge in [0.15, 0.2) is 0 Å². The van der Waals surface area contributed by atoms with E-state index >= 15 is 0 Å². The summed E-state index contributed by atoms with van der Waals surface area (Å²) in [6, 6.07) is -1.58. The zero-order valence-corrected chi connectivity index (χ0v) is 15.2. The lowest BCUT2D eigenvalue weighted by Gasteiger charge is -2.34. The first kappa shape index (κ1) is 17.0. The fraction of sp³-hybridized carbons (Fsp3) is 0.667. The van der Waals surface area contributed by atoms with Gasteiger partial charge >= 0.3 is 16.4 Å². The summed E-state index contributed by atoms with van der Waals surface area (Å²) < 4.78 is 41.7. The van der Waals surface area contributed by atoms with Crippen LogP contribution in [0.5, 0.6) is 0 Å². The van der Waals surface area contributed by atoms with Crippen LogP contribution < -0.4 is 5.32 Å². The van der Waals surface area contributed by atoms with Gasteiger partial charge in [-0.1, -0.05) is 6.58 Å². The molecule has 2 amide bonds. The Morgan fingerprint density at radius 3 is 2.70 bits per heavy atom. The first-order valence-electron chi connectivity index (χ1n) is 8.80. The average molecular weight is 397 g/mol. The van der Waals surface area contributed by atoms with Crippen molar-refractivity contribution >= 4 is 16.4 Å². The molecule has 27 heavy (non-hydrogen) atoms. The predicted octanol–water partition coefficient (Wildman–Crippen LogP) is 1.07. The van der Waals surface area contributed by atoms with E-state index in [9.17, 15) is 13.2 Å². The molecule has 5 rings (SSSR count). The minimum absolute atomic E-state index is 0.0846. The Morgan fingerprint density at radius 1 is 1.33 bits per heavy atom. The van der Waals surface area contributed by atoms with Crippen LogP contribution in [0.25, 0.3) is 0 Å². The molecule has 3 atom stereocenters. The van der Waals surface area contributed by atoms with E-state index in [1.807, 2.05) is 0 Å². The number of carbonyl (C=O) groups excluding carboxylic acids is 1. The average Bonchev–Trinajstić information content (AvgIpc) is 2.97. The van der Waals surface area contributed by atoms with E-state index in [1.165, 1.54) is 4.90 Å². The molecule has 2 N–H and O–H groups in total. The van der Waals surface area contributed by atoms with Crippen molar-refractivity contribution in [2.75, 3.05) is 6.54 Å². The van der Waals surface area contributed by atoms with Crippen LogP contribution in [-0.4, -0.2) is 51.7 Å². The van der Waals surface area contributed by atoms with E-state index in [0.29, 0.717) is 18.2 Å². The molecule has 146 valence electrons. The molecule has 12 heteroatoms. The summed E-state index contributed by atoms with van der Waals surface area (Å²) >= 11 is 0. The van der Waals surface area contributed by atoms with Crippen molar-refractivity contribution in [3.05, 3.63) is 24.1 Å². The van der Waals surface area contributed by atoms with Crippen molar-refractivity contribution in [1.29, 1.82) is 0 Å². The maximum Gasteiger partial charge on any atom is 0.418 e. The van der Waals surface area contributed by atoms with E-state index in [-0.39, 0.29) is 18.0 Å². The lowest BCUT2D eigenvalue weighted by molar-refractivity contribution is -0.0530. The van der Waals surface area contributed by atoms with Gasteiger partial charge in [-0.25, -0.2) is 4.79 Å². The molecule has 4 heterocycles. The maximum atomic E-state index is 12.7. The fourth-order valence-corrected chi connectivity index (χ4v) is 4.82. The van der Waals surface area contributed by atoms with Crippen LogP contribution in [0.3, 0.4) is 0 Å². The molecule has 0 radical (unpaired) electrons. The number of nitrogens with one attached hydrogen (secondary N) is 1. The molecule has 1 aromatic rings. The van der Waals surface area contributed by atoms with Crippen LogP contribution in [0.1, 0.15) is 56.0 Å². The zero-order valence-electron chi connectivity index (χ0n) is 14.4. The SMILES string of the molecule is C=C1CCC(c2nnc([C@@H]3CC4(CC4)[C@@H]4CN3C(=O)N4OS(=O)(=O)O)o2)N1. The Morgan fingerprint density at radius 2 is 2.07 bits per heavy atom. The standard InChI is InChI=1S/C15H19N5O6S/c1-8-2-3-9(16-8)12-17-18-13(25-12)10-6-15(4-5-15)11-7-19(10)14(21)20(11)26-27(22,23)24/h9-11,16H,1-7H2,(H,22,23,24)/t9?,10-,11-/m0/s1. The van der Waals surface area contributed by atoms with Gasteiger partial charge in [-0.2, -0.15) is 13.5 Å². The maximum absolute atomic E-state index is 12.7. The van der Waals surface area contributed by atoms with Crippen LogP contribution in [0.4, 0.5) is 4.79 Å². The quantitative estimate of drug-likeness (QED) is 0.714. The van der Waals surface area contributed by atoms with Gasteiger partial charge in [0.25, 0.3) is 0 Å². The number of urea groups is 1. The van der Waals surface area contributed by atoms with E-state index in [2.05, 4.69) is 26.4 Å². The number of amides is 2. The summed E-state index contributed by atoms with van der Waals surface area (Å²) in [5.74, 6) is 0.782. The molecule has 1 saturated carbocycles. The number of hydroxylamine groups is 2. The third kappa shape index (κ3) is 2.70. The van der Waals surface area contributed by atoms with Crippen molar-refractivity contribution in [2.24, 2.45) is 5.41 Å². The minimum Gasteiger partial charge on any atom is -0.421 e. The summed E-state index contributed by atoms with van der Waals surface area (Å²) in [5, 5.41) is 12.2. The Labute approximate surface area is 155 Å². The topological polar surface area (TPSA) is 138 Å². The monoisotopic (exact) mass is 397 g/mol. The first-order valence-corrected chi connectivity index (χ1v) is 10.2. The second-order valence-corrected chi connectivity index (χ2v) is 8.68. The Bertz CT molecular complexity index is 925. The van der Waals surface area contributed by atoms with Crippen LogP contribution in [0.15, 0.2) is 16.7 Å². The van der Waals surface area contributed by atoms with Gasteiger partial charge in [0.2, 0.25) is 11.8 Å². The van der Waals surface area contributed by atoms with Crippen molar-refractivity contribution in [1.82, 2.24) is 25.5 Å². The number of hydrogen-bond donors (Lipinski definition) is 2. The summed E-state index contributed by atoms with van der Waals surface area (Å²) in [5.41, 5.74) is 0.664. The van der Waals surface area contributed by atoms with Crippen molar-refractivity contribution in [2.45, 2.75) is 50.2 Å². The van der Waals surface area contributed by atoms with Crippen molar-refractivity contribution in [3.8, 4) is 0 Å². The smallest absolute Gasteiger partial charge is 0.418 e. The number of fused-ring (bicyclic) bond motifs is 3. The van der Waals surface area contributed by atoms with Crippen LogP contribution in [0, 0.1) is 5.41 Å². The molecule has 2 bridgehead atoms. The molecule has 1 aromatic heterocycles. The highest BCUT2D eigenvalue weighted by Crippen LogP contribution is 2.61. The van der Waals surface area contributed by atoms with Gasteiger partial charge in [-0.15, -0.1) is 14.5 Å². The predicted molar refractivity (Wildman–Crippen MR) is 87.9 cm³/mol. The lowest BCUT2D eigenvalue weighted by Crippen LogP contribution is -2.43. The summed E-state index contributed by atoms with van der Waals surface area (Å²) in [7, 11) is -4.79. The molecule has 1 spiro atoms. The van der Waals surface area contributed by atoms with E-state index < -0.39 is 28.5 Å². The summed E-state index contributed by atoms with van der Waals surface area (Å²) in [6.45, 7) is 4.18. The number of piperidine rings is 1. The highest BCUT2D eigenvalue weighted by molar-refractivity contribution is 7.80. The van der Waals surface area contributed by atoms with Gasteiger partial charge in [-0.05, 0) is 37.5 Å². The van der Waals surface area contributed by atoms with Gasteiger partial charge in [0.05, 0.1) is 6.04 Å². The second kappa shape index (κ2) is 5.42. The lowest BCUT2D eigenvalue weighted by atomic mass is 9.85. The number of rotatable bonds is 4. The molecule has 1 aliphatic carbocycles. The number of hydrogen-bond acceptors (Lipinski definition) is 8. The third-order valence-corrected chi connectivity index (χ3v) is 6.34. The Hall–Kier alpha value is -2.18. The van der Waals surface area contributed by atoms with Gasteiger partial charge < -0.3 is 14.6 Å². The fourth-order valence-electron chi connectivity index (χ4n) is 4.45. The number of nitrogens with zero attached hydrogens (tertiary/aromatic N) is 4. The molecule has 11 nitrogen and oxygen atoms in total. The Kier molecular flexibility index (Phi) is 3.41. The van der Waals surface area contributed by atoms with Gasteiger partial charge in [0.1, 0.15) is 12.1 Å². The van der Waals surface area contributed by atoms with Crippen molar-refractivity contribution < 1.29 is 26.5 Å². The third-order valence-electron chi connectivity index (χ3n) is 5.99. The minimum atomic E-state index is -4.79. The highest BCUT2D eigenvalue weighted by Gasteiger charge is 2.65. The van der Waals surface area contributed by atoms with Crippen molar-refractivity contribution in [3.63, 3.8) is 0 Å². The second-order valence-electron chi connectivity index (χ2n) is 7.68. The molecule has 4 fully saturated rings. The molecular formula is C15H19N5O6S. The highest BCUT2D eigenvalue weighted by atomic mass is 32.3. The normalized spacial score (nSPS) is 31.7. The Balaban J connectivity index is 1.43. The summed E-state index contributed by atoms with van der Waals surface area (Å²) in [4.78, 5) is 14.2. The summed E-state index contributed by atoms with van der Waals surface area (Å²) in [6.07, 6.45) is 3.91. The first-order chi connectivity index (χ1) is 12.8. The number of aromatic nitrogens is 2.